The van der Waals surface area contributed by atoms with E-state index < -0.39 is 10.0 Å². The molecule has 6 nitrogen and oxygen atoms in total. The van der Waals surface area contributed by atoms with Crippen molar-refractivity contribution in [3.8, 4) is 0 Å². The van der Waals surface area contributed by atoms with Crippen LogP contribution >= 0.6 is 0 Å². The standard InChI is InChI=1S/C26H32N2O4S/c1-16-12-17(2)14-21(13-16)27-33(30,31)25-19(4)18(3)15-22-20(5)23(32-24(22)25)26(29)28-10-8-6-7-9-11-28/h12-15,27H,6-11H2,1-5H3. The highest BCUT2D eigenvalue weighted by Crippen LogP contribution is 2.36. The van der Waals surface area contributed by atoms with Gasteiger partial charge in [-0.2, -0.15) is 0 Å². The maximum Gasteiger partial charge on any atom is 0.289 e. The van der Waals surface area contributed by atoms with Gasteiger partial charge in [-0.15, -0.1) is 0 Å². The lowest BCUT2D eigenvalue weighted by Crippen LogP contribution is -2.31. The fourth-order valence-corrected chi connectivity index (χ4v) is 6.22. The summed E-state index contributed by atoms with van der Waals surface area (Å²) in [5.74, 6) is 0.0753. The third-order valence-corrected chi connectivity index (χ3v) is 8.06. The maximum absolute atomic E-state index is 13.6. The van der Waals surface area contributed by atoms with Gasteiger partial charge in [0.25, 0.3) is 15.9 Å². The monoisotopic (exact) mass is 468 g/mol. The summed E-state index contributed by atoms with van der Waals surface area (Å²) in [5.41, 5.74) is 4.82. The van der Waals surface area contributed by atoms with Crippen LogP contribution in [0, 0.1) is 34.6 Å². The van der Waals surface area contributed by atoms with Gasteiger partial charge in [0.1, 0.15) is 4.90 Å². The Balaban J connectivity index is 1.83. The number of amides is 1. The van der Waals surface area contributed by atoms with Crippen molar-refractivity contribution in [3.63, 3.8) is 0 Å². The van der Waals surface area contributed by atoms with Gasteiger partial charge in [-0.05, 0) is 87.9 Å². The second-order valence-corrected chi connectivity index (χ2v) is 10.9. The summed E-state index contributed by atoms with van der Waals surface area (Å²) in [7, 11) is -3.96. The van der Waals surface area contributed by atoms with Crippen molar-refractivity contribution >= 4 is 32.6 Å². The number of likely N-dealkylation sites (tertiary alicyclic amines) is 1. The zero-order valence-corrected chi connectivity index (χ0v) is 20.9. The van der Waals surface area contributed by atoms with Gasteiger partial charge in [0.2, 0.25) is 0 Å². The van der Waals surface area contributed by atoms with Crippen LogP contribution in [0.1, 0.15) is 64.1 Å². The second kappa shape index (κ2) is 8.86. The zero-order chi connectivity index (χ0) is 23.9. The van der Waals surface area contributed by atoms with Crippen molar-refractivity contribution < 1.29 is 17.6 Å². The molecule has 7 heteroatoms. The first-order valence-electron chi connectivity index (χ1n) is 11.5. The van der Waals surface area contributed by atoms with Gasteiger partial charge in [-0.25, -0.2) is 8.42 Å². The van der Waals surface area contributed by atoms with Gasteiger partial charge >= 0.3 is 0 Å². The number of nitrogens with zero attached hydrogens (tertiary/aromatic N) is 1. The van der Waals surface area contributed by atoms with Crippen molar-refractivity contribution in [2.45, 2.75) is 65.2 Å². The minimum Gasteiger partial charge on any atom is -0.449 e. The molecular weight excluding hydrogens is 436 g/mol. The summed E-state index contributed by atoms with van der Waals surface area (Å²) in [5, 5.41) is 0.664. The Labute approximate surface area is 196 Å². The quantitative estimate of drug-likeness (QED) is 0.525. The van der Waals surface area contributed by atoms with Gasteiger partial charge < -0.3 is 9.32 Å². The molecule has 1 aliphatic heterocycles. The number of hydrogen-bond acceptors (Lipinski definition) is 4. The summed E-state index contributed by atoms with van der Waals surface area (Å²) < 4.78 is 36.0. The SMILES string of the molecule is Cc1cc(C)cc(NS(=O)(=O)c2c(C)c(C)cc3c(C)c(C(=O)N4CCCCCC4)oc23)c1. The van der Waals surface area contributed by atoms with Crippen LogP contribution in [-0.4, -0.2) is 32.3 Å². The summed E-state index contributed by atoms with van der Waals surface area (Å²) in [6, 6.07) is 7.51. The summed E-state index contributed by atoms with van der Waals surface area (Å²) in [6.45, 7) is 10.8. The average Bonchev–Trinajstić information content (AvgIpc) is 2.91. The number of fused-ring (bicyclic) bond motifs is 1. The minimum absolute atomic E-state index is 0.0923. The van der Waals surface area contributed by atoms with Crippen LogP contribution in [0.15, 0.2) is 33.6 Å². The lowest BCUT2D eigenvalue weighted by Gasteiger charge is -2.19. The smallest absolute Gasteiger partial charge is 0.289 e. The van der Waals surface area contributed by atoms with Crippen molar-refractivity contribution in [2.75, 3.05) is 17.8 Å². The topological polar surface area (TPSA) is 79.6 Å². The number of nitrogens with one attached hydrogen (secondary N) is 1. The molecule has 1 amide bonds. The Morgan fingerprint density at radius 1 is 0.879 bits per heavy atom. The van der Waals surface area contributed by atoms with Crippen LogP contribution in [0.4, 0.5) is 5.69 Å². The van der Waals surface area contributed by atoms with Gasteiger partial charge in [0, 0.05) is 29.7 Å². The average molecular weight is 469 g/mol. The highest BCUT2D eigenvalue weighted by molar-refractivity contribution is 7.93. The Bertz CT molecular complexity index is 1310. The fourth-order valence-electron chi connectivity index (χ4n) is 4.73. The zero-order valence-electron chi connectivity index (χ0n) is 20.0. The predicted molar refractivity (Wildman–Crippen MR) is 132 cm³/mol. The van der Waals surface area contributed by atoms with E-state index in [0.29, 0.717) is 35.3 Å². The van der Waals surface area contributed by atoms with E-state index in [4.69, 9.17) is 4.42 Å². The lowest BCUT2D eigenvalue weighted by molar-refractivity contribution is 0.0731. The van der Waals surface area contributed by atoms with Crippen LogP contribution < -0.4 is 4.72 Å². The van der Waals surface area contributed by atoms with E-state index in [0.717, 1.165) is 42.4 Å². The van der Waals surface area contributed by atoms with E-state index in [1.165, 1.54) is 0 Å². The number of benzene rings is 2. The van der Waals surface area contributed by atoms with E-state index in [1.54, 1.807) is 19.1 Å². The molecule has 1 fully saturated rings. The van der Waals surface area contributed by atoms with E-state index in [9.17, 15) is 13.2 Å². The molecule has 1 aromatic heterocycles. The van der Waals surface area contributed by atoms with Crippen molar-refractivity contribution in [1.82, 2.24) is 4.90 Å². The number of sulfonamides is 1. The third kappa shape index (κ3) is 4.51. The van der Waals surface area contributed by atoms with Gasteiger partial charge in [-0.3, -0.25) is 9.52 Å². The molecule has 0 spiro atoms. The van der Waals surface area contributed by atoms with Crippen LogP contribution in [0.2, 0.25) is 0 Å². The van der Waals surface area contributed by atoms with Crippen molar-refractivity contribution in [2.24, 2.45) is 0 Å². The number of hydrogen-bond donors (Lipinski definition) is 1. The minimum atomic E-state index is -3.96. The Hall–Kier alpha value is -2.80. The van der Waals surface area contributed by atoms with Crippen molar-refractivity contribution in [1.29, 1.82) is 0 Å². The molecule has 1 N–H and O–H groups in total. The fraction of sp³-hybridized carbons (Fsp3) is 0.423. The largest absolute Gasteiger partial charge is 0.449 e. The molecule has 1 aliphatic rings. The lowest BCUT2D eigenvalue weighted by atomic mass is 10.0. The number of anilines is 1. The summed E-state index contributed by atoms with van der Waals surface area (Å²) in [6.07, 6.45) is 4.19. The van der Waals surface area contributed by atoms with E-state index in [1.807, 2.05) is 44.7 Å². The first-order chi connectivity index (χ1) is 15.6. The van der Waals surface area contributed by atoms with E-state index in [-0.39, 0.29) is 22.1 Å². The van der Waals surface area contributed by atoms with E-state index >= 15 is 0 Å². The third-order valence-electron chi connectivity index (χ3n) is 6.52. The van der Waals surface area contributed by atoms with Crippen LogP contribution in [-0.2, 0) is 10.0 Å². The highest BCUT2D eigenvalue weighted by atomic mass is 32.2. The molecule has 0 aliphatic carbocycles. The van der Waals surface area contributed by atoms with Crippen LogP contribution in [0.5, 0.6) is 0 Å². The Kier molecular flexibility index (Phi) is 6.27. The maximum atomic E-state index is 13.6. The van der Waals surface area contributed by atoms with E-state index in [2.05, 4.69) is 4.72 Å². The first-order valence-corrected chi connectivity index (χ1v) is 13.0. The number of carbonyl (C=O) groups is 1. The second-order valence-electron chi connectivity index (χ2n) is 9.27. The molecule has 176 valence electrons. The molecule has 4 rings (SSSR count). The number of carbonyl (C=O) groups excluding carboxylic acids is 1. The van der Waals surface area contributed by atoms with Gasteiger partial charge in [-0.1, -0.05) is 18.9 Å². The van der Waals surface area contributed by atoms with Crippen molar-refractivity contribution in [3.05, 3.63) is 57.8 Å². The predicted octanol–water partition coefficient (Wildman–Crippen LogP) is 5.79. The molecule has 0 bridgehead atoms. The molecule has 2 aromatic carbocycles. The number of aryl methyl sites for hydroxylation is 4. The molecule has 33 heavy (non-hydrogen) atoms. The van der Waals surface area contributed by atoms with Crippen LogP contribution in [0.25, 0.3) is 11.0 Å². The van der Waals surface area contributed by atoms with Gasteiger partial charge in [0.05, 0.1) is 0 Å². The molecular formula is C26H32N2O4S. The number of furan rings is 1. The van der Waals surface area contributed by atoms with Crippen LogP contribution in [0.3, 0.4) is 0 Å². The summed E-state index contributed by atoms with van der Waals surface area (Å²) in [4.78, 5) is 15.2. The molecule has 2 heterocycles. The normalized spacial score (nSPS) is 15.0. The first kappa shape index (κ1) is 23.4. The Morgan fingerprint density at radius 3 is 2.09 bits per heavy atom. The Morgan fingerprint density at radius 2 is 1.48 bits per heavy atom. The number of rotatable bonds is 4. The molecule has 0 saturated carbocycles. The highest BCUT2D eigenvalue weighted by Gasteiger charge is 2.30. The molecule has 0 atom stereocenters. The molecule has 0 radical (unpaired) electrons. The molecule has 0 unspecified atom stereocenters. The summed E-state index contributed by atoms with van der Waals surface area (Å²) >= 11 is 0. The molecule has 3 aromatic rings. The van der Waals surface area contributed by atoms with Gasteiger partial charge in [0.15, 0.2) is 11.3 Å². The molecule has 1 saturated heterocycles.